The van der Waals surface area contributed by atoms with E-state index in [2.05, 4.69) is 20.4 Å². The average molecular weight is 395 g/mol. The molecule has 4 rings (SSSR count). The molecule has 1 aliphatic rings. The van der Waals surface area contributed by atoms with Crippen LogP contribution in [0.25, 0.3) is 16.8 Å². The first-order valence-corrected chi connectivity index (χ1v) is 9.02. The summed E-state index contributed by atoms with van der Waals surface area (Å²) in [6.45, 7) is 1.84. The topological polar surface area (TPSA) is 86.0 Å². The fraction of sp³-hybridized carbons (Fsp3) is 0.190. The number of pyridine rings is 1. The first-order chi connectivity index (χ1) is 14.0. The summed E-state index contributed by atoms with van der Waals surface area (Å²) < 4.78 is 28.4. The summed E-state index contributed by atoms with van der Waals surface area (Å²) in [4.78, 5) is 17.4. The van der Waals surface area contributed by atoms with Gasteiger partial charge >= 0.3 is 0 Å². The zero-order chi connectivity index (χ0) is 20.5. The molecule has 1 aliphatic carbocycles. The van der Waals surface area contributed by atoms with Crippen LogP contribution in [0.1, 0.15) is 28.4 Å². The van der Waals surface area contributed by atoms with Gasteiger partial charge in [-0.25, -0.2) is 19.3 Å². The number of nitrogens with zero attached hydrogens (tertiary/aromatic N) is 3. The fourth-order valence-corrected chi connectivity index (χ4v) is 3.77. The van der Waals surface area contributed by atoms with E-state index in [-0.39, 0.29) is 17.4 Å². The number of nitrogens with one attached hydrogen (secondary N) is 1. The van der Waals surface area contributed by atoms with Crippen molar-refractivity contribution in [2.45, 2.75) is 19.3 Å². The van der Waals surface area contributed by atoms with Gasteiger partial charge in [0.15, 0.2) is 0 Å². The third kappa shape index (κ3) is 3.54. The van der Waals surface area contributed by atoms with Crippen LogP contribution in [0.4, 0.5) is 14.7 Å². The molecule has 0 bridgehead atoms. The molecule has 0 aliphatic heterocycles. The van der Waals surface area contributed by atoms with Gasteiger partial charge < -0.3 is 5.73 Å². The molecule has 1 aromatic carbocycles. The van der Waals surface area contributed by atoms with Crippen molar-refractivity contribution in [3.05, 3.63) is 76.9 Å². The Balaban J connectivity index is 1.88. The van der Waals surface area contributed by atoms with E-state index in [1.807, 2.05) is 13.0 Å². The van der Waals surface area contributed by atoms with Gasteiger partial charge in [-0.2, -0.15) is 4.39 Å². The summed E-state index contributed by atoms with van der Waals surface area (Å²) in [6.07, 6.45) is 3.80. The number of nitrogen functional groups attached to an aromatic ring is 1. The molecule has 1 atom stereocenters. The van der Waals surface area contributed by atoms with Crippen molar-refractivity contribution in [2.24, 2.45) is 0 Å². The highest BCUT2D eigenvalue weighted by Gasteiger charge is 2.27. The second-order valence-corrected chi connectivity index (χ2v) is 6.76. The van der Waals surface area contributed by atoms with Crippen LogP contribution >= 0.6 is 0 Å². The Morgan fingerprint density at radius 3 is 2.76 bits per heavy atom. The summed E-state index contributed by atoms with van der Waals surface area (Å²) in [7, 11) is 1.51. The molecule has 148 valence electrons. The lowest BCUT2D eigenvalue weighted by atomic mass is 9.82. The molecule has 3 aromatic rings. The normalized spacial score (nSPS) is 15.6. The Hall–Kier alpha value is -3.39. The molecule has 2 aromatic heterocycles. The second-order valence-electron chi connectivity index (χ2n) is 6.76. The van der Waals surface area contributed by atoms with Crippen LogP contribution in [-0.2, 0) is 11.3 Å². The Labute approximate surface area is 166 Å². The van der Waals surface area contributed by atoms with Crippen LogP contribution < -0.4 is 11.2 Å². The van der Waals surface area contributed by atoms with Crippen LogP contribution in [0.15, 0.2) is 42.6 Å². The maximum absolute atomic E-state index is 14.4. The maximum atomic E-state index is 14.4. The predicted molar refractivity (Wildman–Crippen MR) is 105 cm³/mol. The van der Waals surface area contributed by atoms with E-state index in [9.17, 15) is 8.78 Å². The van der Waals surface area contributed by atoms with Gasteiger partial charge in [0.1, 0.15) is 5.82 Å². The van der Waals surface area contributed by atoms with Crippen molar-refractivity contribution in [3.63, 3.8) is 0 Å². The van der Waals surface area contributed by atoms with Crippen molar-refractivity contribution in [2.75, 3.05) is 12.8 Å². The molecule has 0 saturated carbocycles. The lowest BCUT2D eigenvalue weighted by Crippen LogP contribution is -2.22. The molecule has 6 nitrogen and oxygen atoms in total. The minimum Gasteiger partial charge on any atom is -0.368 e. The van der Waals surface area contributed by atoms with Crippen molar-refractivity contribution >= 4 is 11.6 Å². The first-order valence-electron chi connectivity index (χ1n) is 9.02. The number of hydrogen-bond donors (Lipinski definition) is 2. The number of halogens is 2. The Morgan fingerprint density at radius 2 is 2.00 bits per heavy atom. The van der Waals surface area contributed by atoms with E-state index in [4.69, 9.17) is 10.6 Å². The number of nitrogens with two attached hydrogens (primary N) is 1. The van der Waals surface area contributed by atoms with Crippen molar-refractivity contribution in [1.82, 2.24) is 20.4 Å². The smallest absolute Gasteiger partial charge is 0.220 e. The van der Waals surface area contributed by atoms with Gasteiger partial charge in [0.25, 0.3) is 0 Å². The van der Waals surface area contributed by atoms with E-state index < -0.39 is 11.8 Å². The van der Waals surface area contributed by atoms with Gasteiger partial charge in [0.05, 0.1) is 24.2 Å². The molecule has 0 spiro atoms. The monoisotopic (exact) mass is 395 g/mol. The van der Waals surface area contributed by atoms with Crippen molar-refractivity contribution in [3.8, 4) is 11.1 Å². The lowest BCUT2D eigenvalue weighted by molar-refractivity contribution is 0.136. The Bertz CT molecular complexity index is 1120. The summed E-state index contributed by atoms with van der Waals surface area (Å²) in [5.41, 5.74) is 13.1. The summed E-state index contributed by atoms with van der Waals surface area (Å²) in [5, 5.41) is 0. The van der Waals surface area contributed by atoms with Crippen LogP contribution in [-0.4, -0.2) is 22.1 Å². The predicted octanol–water partition coefficient (Wildman–Crippen LogP) is 3.54. The molecule has 2 heterocycles. The standard InChI is InChI=1S/C21H19F2N5O/c1-11-19-17(27-21(24)26-11)8-12(9-18(19)28-29-2)14-6-5-13(22)10-16(14)15-4-3-7-25-20(15)23/h3-7,9-10,12,28H,8H2,1-2H3,(H2,24,26,27). The number of fused-ring (bicyclic) bond motifs is 1. The molecule has 1 unspecified atom stereocenters. The molecule has 0 fully saturated rings. The van der Waals surface area contributed by atoms with E-state index in [0.29, 0.717) is 17.7 Å². The van der Waals surface area contributed by atoms with Crippen LogP contribution in [0.2, 0.25) is 0 Å². The Morgan fingerprint density at radius 1 is 1.17 bits per heavy atom. The molecule has 0 radical (unpaired) electrons. The van der Waals surface area contributed by atoms with Gasteiger partial charge in [0, 0.05) is 29.7 Å². The third-order valence-corrected chi connectivity index (χ3v) is 4.91. The molecule has 0 amide bonds. The highest BCUT2D eigenvalue weighted by molar-refractivity contribution is 5.74. The van der Waals surface area contributed by atoms with Gasteiger partial charge in [-0.15, -0.1) is 0 Å². The van der Waals surface area contributed by atoms with Crippen LogP contribution in [0.5, 0.6) is 0 Å². The summed E-state index contributed by atoms with van der Waals surface area (Å²) in [6, 6.07) is 7.54. The van der Waals surface area contributed by atoms with Gasteiger partial charge in [-0.05, 0) is 42.3 Å². The largest absolute Gasteiger partial charge is 0.368 e. The quantitative estimate of drug-likeness (QED) is 0.519. The van der Waals surface area contributed by atoms with Gasteiger partial charge in [-0.3, -0.25) is 10.3 Å². The van der Waals surface area contributed by atoms with Gasteiger partial charge in [-0.1, -0.05) is 12.1 Å². The third-order valence-electron chi connectivity index (χ3n) is 4.91. The molecular weight excluding hydrogens is 376 g/mol. The SMILES string of the molecule is CONC1=CC(c2ccc(F)cc2-c2cccnc2F)Cc2nc(N)nc(C)c21. The average Bonchev–Trinajstić information content (AvgIpc) is 2.67. The number of hydrogen-bond acceptors (Lipinski definition) is 6. The van der Waals surface area contributed by atoms with E-state index in [1.165, 1.54) is 25.4 Å². The zero-order valence-corrected chi connectivity index (χ0v) is 15.9. The number of anilines is 1. The van der Waals surface area contributed by atoms with Crippen molar-refractivity contribution < 1.29 is 13.6 Å². The van der Waals surface area contributed by atoms with Crippen molar-refractivity contribution in [1.29, 1.82) is 0 Å². The number of aryl methyl sites for hydroxylation is 1. The lowest BCUT2D eigenvalue weighted by Gasteiger charge is -2.26. The molecular formula is C21H19F2N5O. The highest BCUT2D eigenvalue weighted by atomic mass is 19.1. The molecule has 8 heteroatoms. The maximum Gasteiger partial charge on any atom is 0.220 e. The van der Waals surface area contributed by atoms with E-state index in [0.717, 1.165) is 22.5 Å². The van der Waals surface area contributed by atoms with E-state index >= 15 is 0 Å². The number of rotatable bonds is 4. The molecule has 3 N–H and O–H groups in total. The second kappa shape index (κ2) is 7.56. The number of allylic oxidation sites excluding steroid dienone is 1. The van der Waals surface area contributed by atoms with Gasteiger partial charge in [0.2, 0.25) is 11.9 Å². The highest BCUT2D eigenvalue weighted by Crippen LogP contribution is 2.39. The van der Waals surface area contributed by atoms with E-state index in [1.54, 1.807) is 18.2 Å². The summed E-state index contributed by atoms with van der Waals surface area (Å²) >= 11 is 0. The summed E-state index contributed by atoms with van der Waals surface area (Å²) in [5.74, 6) is -1.15. The number of aromatic nitrogens is 3. The number of benzene rings is 1. The minimum absolute atomic E-state index is 0.177. The first kappa shape index (κ1) is 18.9. The minimum atomic E-state index is -0.655. The van der Waals surface area contributed by atoms with Crippen LogP contribution in [0, 0.1) is 18.7 Å². The molecule has 29 heavy (non-hydrogen) atoms. The fourth-order valence-electron chi connectivity index (χ4n) is 3.77. The number of hydroxylamine groups is 1. The Kier molecular flexibility index (Phi) is 4.94. The van der Waals surface area contributed by atoms with Crippen LogP contribution in [0.3, 0.4) is 0 Å². The molecule has 0 saturated heterocycles. The zero-order valence-electron chi connectivity index (χ0n) is 15.9.